The molecule has 1 aliphatic carbocycles. The third-order valence-electron chi connectivity index (χ3n) is 6.81. The van der Waals surface area contributed by atoms with E-state index in [-0.39, 0.29) is 15.9 Å². The number of nitrogens with zero attached hydrogens (tertiary/aromatic N) is 7. The lowest BCUT2D eigenvalue weighted by Gasteiger charge is -2.44. The van der Waals surface area contributed by atoms with Crippen molar-refractivity contribution < 1.29 is 21.9 Å². The van der Waals surface area contributed by atoms with Crippen LogP contribution in [0.4, 0.5) is 14.5 Å². The van der Waals surface area contributed by atoms with Crippen LogP contribution < -0.4 is 9.62 Å². The summed E-state index contributed by atoms with van der Waals surface area (Å²) in [5, 5.41) is 16.6. The second-order valence-corrected chi connectivity index (χ2v) is 11.9. The minimum atomic E-state index is -4.06. The molecule has 0 aromatic carbocycles. The number of pyridine rings is 1. The van der Waals surface area contributed by atoms with Crippen molar-refractivity contribution in [2.24, 2.45) is 0 Å². The lowest BCUT2D eigenvalue weighted by molar-refractivity contribution is -0.0511. The van der Waals surface area contributed by atoms with Gasteiger partial charge in [-0.2, -0.15) is 9.98 Å². The first-order valence-electron chi connectivity index (χ1n) is 11.4. The van der Waals surface area contributed by atoms with E-state index >= 15 is 0 Å². The fourth-order valence-electron chi connectivity index (χ4n) is 4.64. The molecule has 0 spiro atoms. The minimum absolute atomic E-state index is 0.0428. The third kappa shape index (κ3) is 4.12. The Balaban J connectivity index is 1.46. The van der Waals surface area contributed by atoms with Crippen molar-refractivity contribution in [2.45, 2.75) is 42.2 Å². The molecular formula is C21H22F2N8O3S2. The Kier molecular flexibility index (Phi) is 5.68. The maximum absolute atomic E-state index is 13.4. The molecule has 0 radical (unpaired) electrons. The van der Waals surface area contributed by atoms with E-state index in [4.69, 9.17) is 4.74 Å². The smallest absolute Gasteiger partial charge is 0.291 e. The summed E-state index contributed by atoms with van der Waals surface area (Å²) in [7, 11) is -4.06. The van der Waals surface area contributed by atoms with Gasteiger partial charge in [-0.1, -0.05) is 11.3 Å². The summed E-state index contributed by atoms with van der Waals surface area (Å²) in [4.78, 5) is 8.83. The van der Waals surface area contributed by atoms with Crippen LogP contribution in [0.25, 0.3) is 16.3 Å². The minimum Gasteiger partial charge on any atom is -0.366 e. The summed E-state index contributed by atoms with van der Waals surface area (Å²) in [6, 6.07) is 3.87. The first-order chi connectivity index (χ1) is 17.3. The number of aromatic nitrogens is 4. The van der Waals surface area contributed by atoms with Gasteiger partial charge in [0.15, 0.2) is 15.7 Å². The Morgan fingerprint density at radius 1 is 1.31 bits per heavy atom. The van der Waals surface area contributed by atoms with E-state index in [0.717, 1.165) is 24.3 Å². The molecule has 2 aliphatic heterocycles. The van der Waals surface area contributed by atoms with E-state index in [9.17, 15) is 22.5 Å². The Morgan fingerprint density at radius 3 is 2.86 bits per heavy atom. The topological polar surface area (TPSA) is 129 Å². The molecule has 0 unspecified atom stereocenters. The standard InChI is InChI=1S/C21H22F2N8O3S2/c22-17(23)20-27-26-19(35-20)16-8-25-18-15(29-4-5-30-12-34-6-1-13(30)9-29)7-14(10-31(16)18)36(32,33)28-21(11-24)2-3-21/h7-8,10,13,17,28H,1-6,9,12H2/t13-/m0/s1. The van der Waals surface area contributed by atoms with Crippen molar-refractivity contribution in [1.29, 1.82) is 5.26 Å². The van der Waals surface area contributed by atoms with Crippen LogP contribution in [0, 0.1) is 11.3 Å². The molecule has 3 aromatic rings. The molecule has 3 fully saturated rings. The molecule has 15 heteroatoms. The van der Waals surface area contributed by atoms with Crippen LogP contribution in [-0.2, 0) is 14.8 Å². The fraction of sp³-hybridized carbons (Fsp3) is 0.524. The predicted molar refractivity (Wildman–Crippen MR) is 125 cm³/mol. The van der Waals surface area contributed by atoms with E-state index < -0.39 is 27.0 Å². The summed E-state index contributed by atoms with van der Waals surface area (Å²) in [5.74, 6) is 0. The van der Waals surface area contributed by atoms with Gasteiger partial charge < -0.3 is 9.64 Å². The van der Waals surface area contributed by atoms with Crippen molar-refractivity contribution in [3.8, 4) is 16.8 Å². The first-order valence-corrected chi connectivity index (χ1v) is 13.7. The highest BCUT2D eigenvalue weighted by molar-refractivity contribution is 7.89. The SMILES string of the molecule is N#CC1(NS(=O)(=O)c2cc(N3CCN4COCC[C@H]4C3)c3ncc(-c4nnc(C(F)F)s4)n3c2)CC1. The van der Waals surface area contributed by atoms with Gasteiger partial charge in [0.25, 0.3) is 6.43 Å². The molecule has 190 valence electrons. The van der Waals surface area contributed by atoms with Crippen molar-refractivity contribution >= 4 is 32.7 Å². The number of ether oxygens (including phenoxy) is 1. The Labute approximate surface area is 209 Å². The number of fused-ring (bicyclic) bond motifs is 2. The van der Waals surface area contributed by atoms with E-state index in [1.54, 1.807) is 10.5 Å². The summed E-state index contributed by atoms with van der Waals surface area (Å²) in [6.07, 6.45) is 1.87. The van der Waals surface area contributed by atoms with Gasteiger partial charge in [0.2, 0.25) is 10.0 Å². The number of halogens is 2. The fourth-order valence-corrected chi connectivity index (χ4v) is 6.74. The average Bonchev–Trinajstić information content (AvgIpc) is 3.26. The quantitative estimate of drug-likeness (QED) is 0.503. The number of sulfonamides is 1. The molecular weight excluding hydrogens is 514 g/mol. The van der Waals surface area contributed by atoms with Crippen molar-refractivity contribution in [3.63, 3.8) is 0 Å². The zero-order chi connectivity index (χ0) is 25.1. The number of nitriles is 1. The molecule has 3 aromatic heterocycles. The molecule has 0 bridgehead atoms. The number of rotatable bonds is 6. The van der Waals surface area contributed by atoms with Gasteiger partial charge in [-0.3, -0.25) is 9.30 Å². The first kappa shape index (κ1) is 23.6. The highest BCUT2D eigenvalue weighted by Gasteiger charge is 2.47. The van der Waals surface area contributed by atoms with Gasteiger partial charge in [-0.05, 0) is 25.3 Å². The second kappa shape index (κ2) is 8.67. The normalized spacial score (nSPS) is 22.1. The largest absolute Gasteiger partial charge is 0.366 e. The van der Waals surface area contributed by atoms with E-state index in [0.29, 0.717) is 56.3 Å². The molecule has 11 nitrogen and oxygen atoms in total. The summed E-state index contributed by atoms with van der Waals surface area (Å²) >= 11 is 0.732. The number of anilines is 1. The number of hydrogen-bond donors (Lipinski definition) is 1. The average molecular weight is 537 g/mol. The number of nitrogens with one attached hydrogen (secondary N) is 1. The number of hydrogen-bond acceptors (Lipinski definition) is 10. The van der Waals surface area contributed by atoms with Gasteiger partial charge in [0, 0.05) is 38.5 Å². The number of piperazine rings is 1. The monoisotopic (exact) mass is 536 g/mol. The highest BCUT2D eigenvalue weighted by atomic mass is 32.2. The summed E-state index contributed by atoms with van der Waals surface area (Å²) in [5.41, 5.74) is 0.361. The molecule has 5 heterocycles. The van der Waals surface area contributed by atoms with Crippen LogP contribution in [0.3, 0.4) is 0 Å². The second-order valence-electron chi connectivity index (χ2n) is 9.18. The zero-order valence-corrected chi connectivity index (χ0v) is 20.6. The molecule has 1 atom stereocenters. The van der Waals surface area contributed by atoms with Crippen LogP contribution in [-0.4, -0.2) is 77.5 Å². The lowest BCUT2D eigenvalue weighted by atomic mass is 10.1. The van der Waals surface area contributed by atoms with E-state index in [2.05, 4.69) is 29.7 Å². The van der Waals surface area contributed by atoms with E-state index in [1.165, 1.54) is 12.4 Å². The maximum atomic E-state index is 13.4. The van der Waals surface area contributed by atoms with Crippen LogP contribution >= 0.6 is 11.3 Å². The van der Waals surface area contributed by atoms with Crippen LogP contribution in [0.5, 0.6) is 0 Å². The van der Waals surface area contributed by atoms with Gasteiger partial charge in [-0.15, -0.1) is 10.2 Å². The number of alkyl halides is 2. The van der Waals surface area contributed by atoms with Crippen molar-refractivity contribution in [2.75, 3.05) is 37.9 Å². The van der Waals surface area contributed by atoms with E-state index in [1.807, 2.05) is 6.07 Å². The Hall–Kier alpha value is -2.77. The van der Waals surface area contributed by atoms with Crippen molar-refractivity contribution in [3.05, 3.63) is 23.5 Å². The van der Waals surface area contributed by atoms with Gasteiger partial charge in [-0.25, -0.2) is 22.2 Å². The van der Waals surface area contributed by atoms with Crippen LogP contribution in [0.1, 0.15) is 30.7 Å². The summed E-state index contributed by atoms with van der Waals surface area (Å²) in [6.45, 7) is 3.26. The Morgan fingerprint density at radius 2 is 2.14 bits per heavy atom. The maximum Gasteiger partial charge on any atom is 0.291 e. The molecule has 6 rings (SSSR count). The molecule has 2 saturated heterocycles. The lowest BCUT2D eigenvalue weighted by Crippen LogP contribution is -2.56. The van der Waals surface area contributed by atoms with Gasteiger partial charge >= 0.3 is 0 Å². The molecule has 3 aliphatic rings. The van der Waals surface area contributed by atoms with Gasteiger partial charge in [0.05, 0.1) is 24.7 Å². The Bertz CT molecular complexity index is 1460. The molecule has 1 N–H and O–H groups in total. The summed E-state index contributed by atoms with van der Waals surface area (Å²) < 4.78 is 62.6. The van der Waals surface area contributed by atoms with Gasteiger partial charge in [0.1, 0.15) is 16.1 Å². The highest BCUT2D eigenvalue weighted by Crippen LogP contribution is 2.38. The van der Waals surface area contributed by atoms with Crippen molar-refractivity contribution in [1.82, 2.24) is 29.2 Å². The third-order valence-corrected chi connectivity index (χ3v) is 9.27. The van der Waals surface area contributed by atoms with Crippen LogP contribution in [0.15, 0.2) is 23.4 Å². The molecule has 0 amide bonds. The predicted octanol–water partition coefficient (Wildman–Crippen LogP) is 1.99. The molecule has 36 heavy (non-hydrogen) atoms. The number of imidazole rings is 1. The molecule has 1 saturated carbocycles. The van der Waals surface area contributed by atoms with Crippen LogP contribution in [0.2, 0.25) is 0 Å². The zero-order valence-electron chi connectivity index (χ0n) is 19.0.